The number of amides is 1. The number of nitrogens with one attached hydrogen (secondary N) is 1. The predicted octanol–water partition coefficient (Wildman–Crippen LogP) is 3.59. The SMILES string of the molecule is CC(C)[C@@H]1CC[C@H](C)CC1=NNC(=O)c1ccc2c(c1)OCO2. The third-order valence-electron chi connectivity index (χ3n) is 4.70. The van der Waals surface area contributed by atoms with E-state index in [-0.39, 0.29) is 12.7 Å². The fourth-order valence-corrected chi connectivity index (χ4v) is 3.31. The Morgan fingerprint density at radius 2 is 2.04 bits per heavy atom. The van der Waals surface area contributed by atoms with Crippen LogP contribution >= 0.6 is 0 Å². The van der Waals surface area contributed by atoms with Crippen LogP contribution in [-0.2, 0) is 0 Å². The molecule has 2 aliphatic rings. The number of nitrogens with zero attached hydrogens (tertiary/aromatic N) is 1. The first-order valence-electron chi connectivity index (χ1n) is 8.31. The van der Waals surface area contributed by atoms with E-state index in [1.807, 2.05) is 0 Å². The van der Waals surface area contributed by atoms with E-state index < -0.39 is 0 Å². The van der Waals surface area contributed by atoms with Crippen molar-refractivity contribution in [1.29, 1.82) is 0 Å². The lowest BCUT2D eigenvalue weighted by Gasteiger charge is -2.30. The van der Waals surface area contributed by atoms with Crippen molar-refractivity contribution >= 4 is 11.6 Å². The molecule has 0 bridgehead atoms. The second-order valence-electron chi connectivity index (χ2n) is 6.85. The van der Waals surface area contributed by atoms with Crippen molar-refractivity contribution in [2.24, 2.45) is 22.9 Å². The van der Waals surface area contributed by atoms with Crippen molar-refractivity contribution in [2.45, 2.75) is 40.0 Å². The van der Waals surface area contributed by atoms with E-state index >= 15 is 0 Å². The summed E-state index contributed by atoms with van der Waals surface area (Å²) in [4.78, 5) is 12.3. The van der Waals surface area contributed by atoms with Gasteiger partial charge in [-0.05, 0) is 49.3 Å². The topological polar surface area (TPSA) is 59.9 Å². The summed E-state index contributed by atoms with van der Waals surface area (Å²) in [5.74, 6) is 2.71. The molecule has 5 nitrogen and oxygen atoms in total. The molecule has 0 unspecified atom stereocenters. The highest BCUT2D eigenvalue weighted by Crippen LogP contribution is 2.33. The molecule has 0 saturated heterocycles. The Balaban J connectivity index is 1.71. The summed E-state index contributed by atoms with van der Waals surface area (Å²) >= 11 is 0. The zero-order valence-corrected chi connectivity index (χ0v) is 14.0. The summed E-state index contributed by atoms with van der Waals surface area (Å²) in [5, 5.41) is 4.45. The normalized spacial score (nSPS) is 25.0. The molecule has 1 saturated carbocycles. The van der Waals surface area contributed by atoms with Crippen LogP contribution < -0.4 is 14.9 Å². The molecule has 1 aliphatic heterocycles. The van der Waals surface area contributed by atoms with Crippen LogP contribution in [0.25, 0.3) is 0 Å². The zero-order valence-electron chi connectivity index (χ0n) is 14.0. The third kappa shape index (κ3) is 3.49. The number of fused-ring (bicyclic) bond motifs is 1. The minimum atomic E-state index is -0.212. The molecule has 0 spiro atoms. The van der Waals surface area contributed by atoms with E-state index in [2.05, 4.69) is 31.3 Å². The Hall–Kier alpha value is -2.04. The van der Waals surface area contributed by atoms with Crippen LogP contribution in [0.3, 0.4) is 0 Å². The van der Waals surface area contributed by atoms with Crippen molar-refractivity contribution in [2.75, 3.05) is 6.79 Å². The van der Waals surface area contributed by atoms with Crippen LogP contribution in [0, 0.1) is 17.8 Å². The van der Waals surface area contributed by atoms with Crippen molar-refractivity contribution in [3.8, 4) is 11.5 Å². The number of hydrogen-bond acceptors (Lipinski definition) is 4. The number of carbonyl (C=O) groups excluding carboxylic acids is 1. The predicted molar refractivity (Wildman–Crippen MR) is 88.8 cm³/mol. The molecule has 1 aromatic rings. The van der Waals surface area contributed by atoms with E-state index in [0.717, 1.165) is 18.6 Å². The molecule has 5 heteroatoms. The summed E-state index contributed by atoms with van der Waals surface area (Å²) in [6.45, 7) is 6.88. The highest BCUT2D eigenvalue weighted by molar-refractivity contribution is 5.96. The quantitative estimate of drug-likeness (QED) is 0.867. The van der Waals surface area contributed by atoms with Gasteiger partial charge in [-0.25, -0.2) is 5.43 Å². The summed E-state index contributed by atoms with van der Waals surface area (Å²) in [5.41, 5.74) is 4.37. The molecule has 0 radical (unpaired) electrons. The molecule has 0 aromatic heterocycles. The Morgan fingerprint density at radius 3 is 2.83 bits per heavy atom. The summed E-state index contributed by atoms with van der Waals surface area (Å²) < 4.78 is 10.6. The molecule has 124 valence electrons. The minimum absolute atomic E-state index is 0.205. The maximum Gasteiger partial charge on any atom is 0.271 e. The van der Waals surface area contributed by atoms with Crippen molar-refractivity contribution in [3.05, 3.63) is 23.8 Å². The number of carbonyl (C=O) groups is 1. The average molecular weight is 316 g/mol. The molecular weight excluding hydrogens is 292 g/mol. The highest BCUT2D eigenvalue weighted by Gasteiger charge is 2.27. The van der Waals surface area contributed by atoms with Gasteiger partial charge in [0.25, 0.3) is 5.91 Å². The van der Waals surface area contributed by atoms with Gasteiger partial charge in [-0.1, -0.05) is 20.8 Å². The van der Waals surface area contributed by atoms with Crippen LogP contribution in [-0.4, -0.2) is 18.4 Å². The zero-order chi connectivity index (χ0) is 16.4. The smallest absolute Gasteiger partial charge is 0.271 e. The minimum Gasteiger partial charge on any atom is -0.454 e. The first-order valence-corrected chi connectivity index (χ1v) is 8.31. The Bertz CT molecular complexity index is 625. The first-order chi connectivity index (χ1) is 11.0. The lowest BCUT2D eigenvalue weighted by Crippen LogP contribution is -2.31. The summed E-state index contributed by atoms with van der Waals surface area (Å²) in [6, 6.07) is 5.18. The second kappa shape index (κ2) is 6.60. The molecule has 1 aromatic carbocycles. The van der Waals surface area contributed by atoms with Crippen molar-refractivity contribution in [3.63, 3.8) is 0 Å². The molecule has 1 heterocycles. The molecule has 1 aliphatic carbocycles. The van der Waals surface area contributed by atoms with E-state index in [4.69, 9.17) is 9.47 Å². The van der Waals surface area contributed by atoms with Crippen LogP contribution in [0.1, 0.15) is 50.4 Å². The number of ether oxygens (including phenoxy) is 2. The Morgan fingerprint density at radius 1 is 1.26 bits per heavy atom. The Kier molecular flexibility index (Phi) is 4.55. The molecule has 3 rings (SSSR count). The van der Waals surface area contributed by atoms with Gasteiger partial charge in [0.1, 0.15) is 0 Å². The monoisotopic (exact) mass is 316 g/mol. The molecule has 1 fully saturated rings. The van der Waals surface area contributed by atoms with Gasteiger partial charge in [-0.2, -0.15) is 5.10 Å². The van der Waals surface area contributed by atoms with Gasteiger partial charge < -0.3 is 9.47 Å². The van der Waals surface area contributed by atoms with Gasteiger partial charge in [-0.3, -0.25) is 4.79 Å². The lowest BCUT2D eigenvalue weighted by atomic mass is 9.76. The molecule has 2 atom stereocenters. The van der Waals surface area contributed by atoms with Gasteiger partial charge in [-0.15, -0.1) is 0 Å². The highest BCUT2D eigenvalue weighted by atomic mass is 16.7. The maximum atomic E-state index is 12.3. The number of hydrogen-bond donors (Lipinski definition) is 1. The molecule has 1 N–H and O–H groups in total. The van der Waals surface area contributed by atoms with Gasteiger partial charge in [0.15, 0.2) is 11.5 Å². The van der Waals surface area contributed by atoms with Crippen LogP contribution in [0.4, 0.5) is 0 Å². The van der Waals surface area contributed by atoms with Gasteiger partial charge in [0.05, 0.1) is 0 Å². The summed E-state index contributed by atoms with van der Waals surface area (Å²) in [6.07, 6.45) is 3.35. The molecule has 23 heavy (non-hydrogen) atoms. The lowest BCUT2D eigenvalue weighted by molar-refractivity contribution is 0.0953. The Labute approximate surface area is 137 Å². The summed E-state index contributed by atoms with van der Waals surface area (Å²) in [7, 11) is 0. The average Bonchev–Trinajstić information content (AvgIpc) is 2.99. The fraction of sp³-hybridized carbons (Fsp3) is 0.556. The molecule has 1 amide bonds. The largest absolute Gasteiger partial charge is 0.454 e. The number of benzene rings is 1. The van der Waals surface area contributed by atoms with Crippen LogP contribution in [0.2, 0.25) is 0 Å². The number of hydrazone groups is 1. The first kappa shape index (κ1) is 15.8. The molecular formula is C18H24N2O3. The number of rotatable bonds is 3. The standard InChI is InChI=1S/C18H24N2O3/c1-11(2)14-6-4-12(3)8-15(14)19-20-18(21)13-5-7-16-17(9-13)23-10-22-16/h5,7,9,11-12,14H,4,6,8,10H2,1-3H3,(H,20,21)/t12-,14-/m0/s1. The van der Waals surface area contributed by atoms with E-state index in [0.29, 0.717) is 34.8 Å². The van der Waals surface area contributed by atoms with Crippen molar-refractivity contribution < 1.29 is 14.3 Å². The van der Waals surface area contributed by atoms with E-state index in [9.17, 15) is 4.79 Å². The second-order valence-corrected chi connectivity index (χ2v) is 6.85. The van der Waals surface area contributed by atoms with Gasteiger partial charge in [0, 0.05) is 17.2 Å². The van der Waals surface area contributed by atoms with Gasteiger partial charge in [0.2, 0.25) is 6.79 Å². The van der Waals surface area contributed by atoms with Gasteiger partial charge >= 0.3 is 0 Å². The van der Waals surface area contributed by atoms with Crippen LogP contribution in [0.15, 0.2) is 23.3 Å². The maximum absolute atomic E-state index is 12.3. The van der Waals surface area contributed by atoms with Crippen molar-refractivity contribution in [1.82, 2.24) is 5.43 Å². The van der Waals surface area contributed by atoms with E-state index in [1.54, 1.807) is 18.2 Å². The van der Waals surface area contributed by atoms with Crippen LogP contribution in [0.5, 0.6) is 11.5 Å². The fourth-order valence-electron chi connectivity index (χ4n) is 3.31. The van der Waals surface area contributed by atoms with E-state index in [1.165, 1.54) is 6.42 Å². The third-order valence-corrected chi connectivity index (χ3v) is 4.70.